The Morgan fingerprint density at radius 3 is 1.28 bits per heavy atom. The Labute approximate surface area is 184 Å². The smallest absolute Gasteiger partial charge is 0.0147 e. The summed E-state index contributed by atoms with van der Waals surface area (Å²) >= 11 is 9.41. The van der Waals surface area contributed by atoms with Crippen LogP contribution in [0.25, 0.3) is 22.3 Å². The SMILES string of the molecule is CC(C)(c1ccc(S)c(-c2ccccc2)c1)c1ccc(S)c(-c2ccccc2)c1. The van der Waals surface area contributed by atoms with Crippen molar-refractivity contribution in [1.29, 1.82) is 0 Å². The summed E-state index contributed by atoms with van der Waals surface area (Å²) in [6.07, 6.45) is 0. The van der Waals surface area contributed by atoms with Gasteiger partial charge in [0, 0.05) is 15.2 Å². The summed E-state index contributed by atoms with van der Waals surface area (Å²) in [5.74, 6) is 0. The zero-order valence-corrected chi connectivity index (χ0v) is 18.4. The summed E-state index contributed by atoms with van der Waals surface area (Å²) in [6, 6.07) is 34.0. The van der Waals surface area contributed by atoms with E-state index in [-0.39, 0.29) is 5.41 Å². The number of thiol groups is 2. The van der Waals surface area contributed by atoms with Crippen molar-refractivity contribution in [2.24, 2.45) is 0 Å². The fourth-order valence-electron chi connectivity index (χ4n) is 3.71. The third kappa shape index (κ3) is 4.01. The van der Waals surface area contributed by atoms with Crippen molar-refractivity contribution in [1.82, 2.24) is 0 Å². The highest BCUT2D eigenvalue weighted by atomic mass is 32.1. The van der Waals surface area contributed by atoms with Gasteiger partial charge in [-0.05, 0) is 57.6 Å². The van der Waals surface area contributed by atoms with Crippen molar-refractivity contribution in [2.45, 2.75) is 29.1 Å². The molecule has 0 saturated carbocycles. The summed E-state index contributed by atoms with van der Waals surface area (Å²) in [5.41, 5.74) is 7.06. The number of rotatable bonds is 4. The predicted molar refractivity (Wildman–Crippen MR) is 130 cm³/mol. The Morgan fingerprint density at radius 2 is 0.897 bits per heavy atom. The molecule has 4 aromatic rings. The fraction of sp³-hybridized carbons (Fsp3) is 0.111. The molecule has 0 radical (unpaired) electrons. The molecular formula is C27H24S2. The van der Waals surface area contributed by atoms with Crippen LogP contribution < -0.4 is 0 Å². The number of hydrogen-bond acceptors (Lipinski definition) is 2. The van der Waals surface area contributed by atoms with E-state index in [0.717, 1.165) is 20.9 Å². The first-order valence-corrected chi connectivity index (χ1v) is 10.6. The van der Waals surface area contributed by atoms with Crippen molar-refractivity contribution in [3.63, 3.8) is 0 Å². The van der Waals surface area contributed by atoms with Gasteiger partial charge in [0.15, 0.2) is 0 Å². The second kappa shape index (κ2) is 8.14. The topological polar surface area (TPSA) is 0 Å². The lowest BCUT2D eigenvalue weighted by Gasteiger charge is -2.28. The molecule has 0 aliphatic carbocycles. The van der Waals surface area contributed by atoms with E-state index in [1.165, 1.54) is 22.3 Å². The van der Waals surface area contributed by atoms with Gasteiger partial charge in [-0.2, -0.15) is 0 Å². The quantitative estimate of drug-likeness (QED) is 0.312. The Balaban J connectivity index is 1.80. The van der Waals surface area contributed by atoms with E-state index in [2.05, 4.69) is 98.8 Å². The van der Waals surface area contributed by atoms with Crippen LogP contribution in [0.3, 0.4) is 0 Å². The molecule has 0 nitrogen and oxygen atoms in total. The van der Waals surface area contributed by atoms with Gasteiger partial charge in [0.2, 0.25) is 0 Å². The first-order chi connectivity index (χ1) is 14.0. The van der Waals surface area contributed by atoms with Gasteiger partial charge >= 0.3 is 0 Å². The molecule has 0 unspecified atom stereocenters. The van der Waals surface area contributed by atoms with E-state index in [1.54, 1.807) is 0 Å². The van der Waals surface area contributed by atoms with Gasteiger partial charge in [-0.15, -0.1) is 25.3 Å². The molecule has 0 amide bonds. The molecule has 0 heterocycles. The number of benzene rings is 4. The maximum atomic E-state index is 4.71. The van der Waals surface area contributed by atoms with Crippen LogP contribution >= 0.6 is 25.3 Å². The predicted octanol–water partition coefficient (Wildman–Crippen LogP) is 7.92. The lowest BCUT2D eigenvalue weighted by molar-refractivity contribution is 0.640. The van der Waals surface area contributed by atoms with E-state index in [4.69, 9.17) is 25.3 Å². The van der Waals surface area contributed by atoms with Crippen LogP contribution in [0.15, 0.2) is 107 Å². The highest BCUT2D eigenvalue weighted by molar-refractivity contribution is 7.80. The largest absolute Gasteiger partial charge is 0.143 e. The van der Waals surface area contributed by atoms with Crippen molar-refractivity contribution >= 4 is 25.3 Å². The molecule has 4 aromatic carbocycles. The lowest BCUT2D eigenvalue weighted by atomic mass is 9.76. The maximum Gasteiger partial charge on any atom is 0.0147 e. The van der Waals surface area contributed by atoms with Crippen LogP contribution in [0.5, 0.6) is 0 Å². The minimum absolute atomic E-state index is 0.157. The minimum Gasteiger partial charge on any atom is -0.143 e. The Hall–Kier alpha value is -2.42. The molecule has 0 aliphatic rings. The standard InChI is InChI=1S/C27H24S2/c1-27(2,21-13-15-25(28)23(17-21)19-9-5-3-6-10-19)22-14-16-26(29)24(18-22)20-11-7-4-8-12-20/h3-18,28-29H,1-2H3. The van der Waals surface area contributed by atoms with Crippen molar-refractivity contribution < 1.29 is 0 Å². The highest BCUT2D eigenvalue weighted by Gasteiger charge is 2.25. The molecule has 0 N–H and O–H groups in total. The van der Waals surface area contributed by atoms with Gasteiger partial charge in [0.25, 0.3) is 0 Å². The monoisotopic (exact) mass is 412 g/mol. The Morgan fingerprint density at radius 1 is 0.517 bits per heavy atom. The second-order valence-electron chi connectivity index (χ2n) is 7.82. The normalized spacial score (nSPS) is 11.4. The average molecular weight is 413 g/mol. The minimum atomic E-state index is -0.157. The molecule has 4 rings (SSSR count). The molecule has 0 fully saturated rings. The average Bonchev–Trinajstić information content (AvgIpc) is 2.75. The van der Waals surface area contributed by atoms with Gasteiger partial charge in [-0.3, -0.25) is 0 Å². The van der Waals surface area contributed by atoms with Gasteiger partial charge in [-0.1, -0.05) is 86.6 Å². The van der Waals surface area contributed by atoms with E-state index in [1.807, 2.05) is 12.1 Å². The zero-order valence-electron chi connectivity index (χ0n) is 16.6. The molecule has 0 saturated heterocycles. The van der Waals surface area contributed by atoms with Gasteiger partial charge in [0.05, 0.1) is 0 Å². The lowest BCUT2D eigenvalue weighted by Crippen LogP contribution is -2.19. The van der Waals surface area contributed by atoms with Crippen LogP contribution in [0.1, 0.15) is 25.0 Å². The molecular weight excluding hydrogens is 388 g/mol. The Bertz CT molecular complexity index is 1040. The van der Waals surface area contributed by atoms with Crippen molar-refractivity contribution in [2.75, 3.05) is 0 Å². The summed E-state index contributed by atoms with van der Waals surface area (Å²) in [4.78, 5) is 1.98. The second-order valence-corrected chi connectivity index (χ2v) is 8.78. The first-order valence-electron chi connectivity index (χ1n) is 9.74. The molecule has 29 heavy (non-hydrogen) atoms. The molecule has 0 spiro atoms. The summed E-state index contributed by atoms with van der Waals surface area (Å²) in [5, 5.41) is 0. The molecule has 2 heteroatoms. The summed E-state index contributed by atoms with van der Waals surface area (Å²) in [6.45, 7) is 4.55. The van der Waals surface area contributed by atoms with E-state index >= 15 is 0 Å². The van der Waals surface area contributed by atoms with Crippen LogP contribution in [-0.2, 0) is 5.41 Å². The van der Waals surface area contributed by atoms with E-state index in [9.17, 15) is 0 Å². The molecule has 0 atom stereocenters. The molecule has 0 aliphatic heterocycles. The van der Waals surface area contributed by atoms with Crippen LogP contribution in [-0.4, -0.2) is 0 Å². The molecule has 0 aromatic heterocycles. The van der Waals surface area contributed by atoms with E-state index < -0.39 is 0 Å². The fourth-order valence-corrected chi connectivity index (χ4v) is 4.25. The third-order valence-electron chi connectivity index (χ3n) is 5.61. The third-order valence-corrected chi connectivity index (χ3v) is 6.39. The first kappa shape index (κ1) is 19.9. The highest BCUT2D eigenvalue weighted by Crippen LogP contribution is 2.38. The van der Waals surface area contributed by atoms with E-state index in [0.29, 0.717) is 0 Å². The van der Waals surface area contributed by atoms with Crippen LogP contribution in [0.4, 0.5) is 0 Å². The summed E-state index contributed by atoms with van der Waals surface area (Å²) < 4.78 is 0. The molecule has 144 valence electrons. The zero-order chi connectivity index (χ0) is 20.4. The van der Waals surface area contributed by atoms with Crippen LogP contribution in [0.2, 0.25) is 0 Å². The van der Waals surface area contributed by atoms with Crippen molar-refractivity contribution in [3.05, 3.63) is 108 Å². The summed E-state index contributed by atoms with van der Waals surface area (Å²) in [7, 11) is 0. The molecule has 0 bridgehead atoms. The van der Waals surface area contributed by atoms with Crippen LogP contribution in [0, 0.1) is 0 Å². The van der Waals surface area contributed by atoms with Gasteiger partial charge < -0.3 is 0 Å². The maximum absolute atomic E-state index is 4.71. The van der Waals surface area contributed by atoms with Gasteiger partial charge in [0.1, 0.15) is 0 Å². The Kier molecular flexibility index (Phi) is 5.58. The number of hydrogen-bond donors (Lipinski definition) is 2. The van der Waals surface area contributed by atoms with Crippen molar-refractivity contribution in [3.8, 4) is 22.3 Å². The van der Waals surface area contributed by atoms with Gasteiger partial charge in [-0.25, -0.2) is 0 Å².